The Morgan fingerprint density at radius 2 is 1.85 bits per heavy atom. The van der Waals surface area contributed by atoms with Crippen LogP contribution in [0.2, 0.25) is 0 Å². The molecule has 0 aliphatic carbocycles. The van der Waals surface area contributed by atoms with Gasteiger partial charge < -0.3 is 10.6 Å². The molecular weight excluding hydrogens is 274 g/mol. The van der Waals surface area contributed by atoms with Crippen LogP contribution in [-0.2, 0) is 15.8 Å². The quantitative estimate of drug-likeness (QED) is 0.841. The highest BCUT2D eigenvalue weighted by atomic mass is 32.2. The van der Waals surface area contributed by atoms with Gasteiger partial charge in [0.25, 0.3) is 0 Å². The molecule has 20 heavy (non-hydrogen) atoms. The van der Waals surface area contributed by atoms with Gasteiger partial charge in [0.2, 0.25) is 10.0 Å². The SMILES string of the molecule is CC1CN(S(=O)(=O)Cc2ccc(N)cc2)CC1N(C)C. The van der Waals surface area contributed by atoms with Crippen molar-refractivity contribution in [2.45, 2.75) is 18.7 Å². The van der Waals surface area contributed by atoms with Crippen LogP contribution in [0.15, 0.2) is 24.3 Å². The molecule has 2 unspecified atom stereocenters. The molecule has 2 N–H and O–H groups in total. The maximum atomic E-state index is 12.5. The van der Waals surface area contributed by atoms with Gasteiger partial charge in [-0.25, -0.2) is 8.42 Å². The van der Waals surface area contributed by atoms with Crippen LogP contribution in [0.5, 0.6) is 0 Å². The van der Waals surface area contributed by atoms with E-state index in [9.17, 15) is 8.42 Å². The number of hydrogen-bond donors (Lipinski definition) is 1. The number of hydrogen-bond acceptors (Lipinski definition) is 4. The maximum absolute atomic E-state index is 12.5. The summed E-state index contributed by atoms with van der Waals surface area (Å²) >= 11 is 0. The second-order valence-electron chi connectivity index (χ2n) is 5.82. The summed E-state index contributed by atoms with van der Waals surface area (Å²) in [5, 5.41) is 0. The van der Waals surface area contributed by atoms with E-state index in [2.05, 4.69) is 11.8 Å². The lowest BCUT2D eigenvalue weighted by Crippen LogP contribution is -2.36. The zero-order valence-corrected chi connectivity index (χ0v) is 13.1. The van der Waals surface area contributed by atoms with Gasteiger partial charge >= 0.3 is 0 Å². The second kappa shape index (κ2) is 5.71. The van der Waals surface area contributed by atoms with Crippen molar-refractivity contribution in [2.24, 2.45) is 5.92 Å². The van der Waals surface area contributed by atoms with Crippen LogP contribution in [0.1, 0.15) is 12.5 Å². The fourth-order valence-electron chi connectivity index (χ4n) is 2.72. The summed E-state index contributed by atoms with van der Waals surface area (Å²) < 4.78 is 26.6. The third kappa shape index (κ3) is 3.31. The third-order valence-corrected chi connectivity index (χ3v) is 5.71. The van der Waals surface area contributed by atoms with Crippen LogP contribution in [0.3, 0.4) is 0 Å². The van der Waals surface area contributed by atoms with Gasteiger partial charge in [-0.05, 0) is 37.7 Å². The Balaban J connectivity index is 2.10. The van der Waals surface area contributed by atoms with Crippen molar-refractivity contribution in [1.29, 1.82) is 0 Å². The molecule has 6 heteroatoms. The Labute approximate surface area is 121 Å². The van der Waals surface area contributed by atoms with E-state index in [1.807, 2.05) is 14.1 Å². The van der Waals surface area contributed by atoms with Gasteiger partial charge in [0.1, 0.15) is 0 Å². The number of sulfonamides is 1. The predicted octanol–water partition coefficient (Wildman–Crippen LogP) is 0.981. The fourth-order valence-corrected chi connectivity index (χ4v) is 4.36. The molecule has 5 nitrogen and oxygen atoms in total. The largest absolute Gasteiger partial charge is 0.399 e. The molecule has 0 radical (unpaired) electrons. The molecule has 0 aromatic heterocycles. The van der Waals surface area contributed by atoms with Gasteiger partial charge in [-0.2, -0.15) is 4.31 Å². The van der Waals surface area contributed by atoms with Gasteiger partial charge in [-0.1, -0.05) is 19.1 Å². The Morgan fingerprint density at radius 1 is 1.25 bits per heavy atom. The Morgan fingerprint density at radius 3 is 2.35 bits per heavy atom. The highest BCUT2D eigenvalue weighted by Crippen LogP contribution is 2.24. The zero-order valence-electron chi connectivity index (χ0n) is 12.3. The van der Waals surface area contributed by atoms with E-state index in [4.69, 9.17) is 5.73 Å². The molecule has 1 aromatic carbocycles. The lowest BCUT2D eigenvalue weighted by atomic mass is 10.1. The van der Waals surface area contributed by atoms with Crippen molar-refractivity contribution >= 4 is 15.7 Å². The van der Waals surface area contributed by atoms with E-state index in [-0.39, 0.29) is 11.8 Å². The minimum absolute atomic E-state index is 0.0418. The molecule has 0 amide bonds. The minimum Gasteiger partial charge on any atom is -0.399 e. The first-order chi connectivity index (χ1) is 9.29. The van der Waals surface area contributed by atoms with E-state index < -0.39 is 10.0 Å². The number of likely N-dealkylation sites (N-methyl/N-ethyl adjacent to an activating group) is 1. The first kappa shape index (κ1) is 15.3. The van der Waals surface area contributed by atoms with Gasteiger partial charge in [-0.15, -0.1) is 0 Å². The second-order valence-corrected chi connectivity index (χ2v) is 7.79. The molecule has 1 saturated heterocycles. The molecule has 0 saturated carbocycles. The Bertz CT molecular complexity index is 554. The molecule has 1 fully saturated rings. The normalized spacial score (nSPS) is 24.4. The highest BCUT2D eigenvalue weighted by Gasteiger charge is 2.37. The van der Waals surface area contributed by atoms with E-state index in [1.54, 1.807) is 28.6 Å². The topological polar surface area (TPSA) is 66.6 Å². The zero-order chi connectivity index (χ0) is 14.9. The molecule has 0 bridgehead atoms. The lowest BCUT2D eigenvalue weighted by Gasteiger charge is -2.22. The van der Waals surface area contributed by atoms with E-state index in [1.165, 1.54) is 0 Å². The van der Waals surface area contributed by atoms with Crippen molar-refractivity contribution < 1.29 is 8.42 Å². The first-order valence-corrected chi connectivity index (χ1v) is 8.39. The van der Waals surface area contributed by atoms with Crippen molar-refractivity contribution in [3.63, 3.8) is 0 Å². The van der Waals surface area contributed by atoms with Crippen LogP contribution < -0.4 is 5.73 Å². The Hall–Kier alpha value is -1.11. The van der Waals surface area contributed by atoms with Crippen LogP contribution in [0.25, 0.3) is 0 Å². The summed E-state index contributed by atoms with van der Waals surface area (Å²) in [6.45, 7) is 3.27. The monoisotopic (exact) mass is 297 g/mol. The fraction of sp³-hybridized carbons (Fsp3) is 0.571. The van der Waals surface area contributed by atoms with Crippen LogP contribution >= 0.6 is 0 Å². The summed E-state index contributed by atoms with van der Waals surface area (Å²) in [4.78, 5) is 2.10. The molecule has 1 heterocycles. The molecule has 2 atom stereocenters. The number of benzene rings is 1. The van der Waals surface area contributed by atoms with Crippen LogP contribution in [0.4, 0.5) is 5.69 Å². The summed E-state index contributed by atoms with van der Waals surface area (Å²) in [6.07, 6.45) is 0. The van der Waals surface area contributed by atoms with Gasteiger partial charge in [-0.3, -0.25) is 0 Å². The van der Waals surface area contributed by atoms with Crippen molar-refractivity contribution in [2.75, 3.05) is 32.9 Å². The number of nitrogen functional groups attached to an aromatic ring is 1. The number of nitrogens with two attached hydrogens (primary N) is 1. The first-order valence-electron chi connectivity index (χ1n) is 6.78. The van der Waals surface area contributed by atoms with Gasteiger partial charge in [0, 0.05) is 24.8 Å². The highest BCUT2D eigenvalue weighted by molar-refractivity contribution is 7.88. The third-order valence-electron chi connectivity index (χ3n) is 3.92. The molecule has 1 aromatic rings. The molecule has 0 spiro atoms. The number of rotatable bonds is 4. The number of anilines is 1. The van der Waals surface area contributed by atoms with E-state index >= 15 is 0 Å². The van der Waals surface area contributed by atoms with Crippen molar-refractivity contribution in [3.8, 4) is 0 Å². The summed E-state index contributed by atoms with van der Waals surface area (Å²) in [7, 11) is 0.735. The van der Waals surface area contributed by atoms with Crippen LogP contribution in [0, 0.1) is 5.92 Å². The molecule has 2 rings (SSSR count). The van der Waals surface area contributed by atoms with Gasteiger partial charge in [0.05, 0.1) is 5.75 Å². The summed E-state index contributed by atoms with van der Waals surface area (Å²) in [6, 6.07) is 7.31. The molecule has 112 valence electrons. The lowest BCUT2D eigenvalue weighted by molar-refractivity contribution is 0.263. The van der Waals surface area contributed by atoms with Crippen molar-refractivity contribution in [1.82, 2.24) is 9.21 Å². The maximum Gasteiger partial charge on any atom is 0.218 e. The van der Waals surface area contributed by atoms with Crippen molar-refractivity contribution in [3.05, 3.63) is 29.8 Å². The summed E-state index contributed by atoms with van der Waals surface area (Å²) in [5.41, 5.74) is 7.04. The average Bonchev–Trinajstić information content (AvgIpc) is 2.75. The number of nitrogens with zero attached hydrogens (tertiary/aromatic N) is 2. The summed E-state index contributed by atoms with van der Waals surface area (Å²) in [5.74, 6) is 0.395. The van der Waals surface area contributed by atoms with E-state index in [0.717, 1.165) is 5.56 Å². The Kier molecular flexibility index (Phi) is 4.36. The predicted molar refractivity (Wildman–Crippen MR) is 81.7 cm³/mol. The average molecular weight is 297 g/mol. The standard InChI is InChI=1S/C14H23N3O2S/c1-11-8-17(9-14(11)16(2)3)20(18,19)10-12-4-6-13(15)7-5-12/h4-7,11,14H,8-10,15H2,1-3H3. The van der Waals surface area contributed by atoms with Crippen LogP contribution in [-0.4, -0.2) is 50.8 Å². The molecule has 1 aliphatic heterocycles. The smallest absolute Gasteiger partial charge is 0.218 e. The van der Waals surface area contributed by atoms with E-state index in [0.29, 0.717) is 24.7 Å². The minimum atomic E-state index is -3.26. The molecular formula is C14H23N3O2S. The molecule has 1 aliphatic rings. The van der Waals surface area contributed by atoms with Gasteiger partial charge in [0.15, 0.2) is 0 Å².